The molecule has 0 radical (unpaired) electrons. The number of hydrogen-bond acceptors (Lipinski definition) is 3. The molecule has 86 valence electrons. The Kier molecular flexibility index (Phi) is 4.55. The zero-order valence-electron chi connectivity index (χ0n) is 9.47. The van der Waals surface area contributed by atoms with Gasteiger partial charge in [0.05, 0.1) is 6.04 Å². The predicted octanol–water partition coefficient (Wildman–Crippen LogP) is 1.29. The van der Waals surface area contributed by atoms with E-state index in [-0.39, 0.29) is 14.8 Å². The topological polar surface area (TPSA) is 41.1 Å². The molecular formula is C11H26N2O. The second kappa shape index (κ2) is 5.47. The van der Waals surface area contributed by atoms with E-state index in [1.807, 2.05) is 20.9 Å². The van der Waals surface area contributed by atoms with Gasteiger partial charge in [-0.2, -0.15) is 0 Å². The van der Waals surface area contributed by atoms with E-state index in [0.717, 1.165) is 31.8 Å². The molecule has 0 aromatic heterocycles. The van der Waals surface area contributed by atoms with E-state index in [2.05, 4.69) is 10.6 Å². The van der Waals surface area contributed by atoms with E-state index in [0.29, 0.717) is 5.78 Å². The van der Waals surface area contributed by atoms with Gasteiger partial charge in [0.1, 0.15) is 0 Å². The van der Waals surface area contributed by atoms with Crippen LogP contribution in [0.4, 0.5) is 0 Å². The molecule has 1 heterocycles. The summed E-state index contributed by atoms with van der Waals surface area (Å²) in [5, 5.41) is 6.37. The zero-order chi connectivity index (χ0) is 10.6. The second-order valence-corrected chi connectivity index (χ2v) is 4.50. The normalized spacial score (nSPS) is 19.4. The number of ketones is 1. The third kappa shape index (κ3) is 3.07. The number of carbonyl (C=O) groups is 1. The quantitative estimate of drug-likeness (QED) is 0.682. The summed E-state index contributed by atoms with van der Waals surface area (Å²) in [5.41, 5.74) is 0. The molecule has 1 aliphatic rings. The van der Waals surface area contributed by atoms with Gasteiger partial charge in [-0.15, -0.1) is 0 Å². The Morgan fingerprint density at radius 1 is 1.57 bits per heavy atom. The first kappa shape index (κ1) is 11.7. The minimum Gasteiger partial charge on any atom is -0.316 e. The van der Waals surface area contributed by atoms with E-state index in [1.54, 1.807) is 0 Å². The largest absolute Gasteiger partial charge is 0.316 e. The number of Topliss-reactive ketones (excluding diaryl/α,β-unsaturated/α-hetero) is 1. The van der Waals surface area contributed by atoms with Crippen molar-refractivity contribution in [3.8, 4) is 0 Å². The minimum atomic E-state index is 0. The Morgan fingerprint density at radius 3 is 2.57 bits per heavy atom. The molecule has 2 N–H and O–H groups in total. The van der Waals surface area contributed by atoms with Crippen LogP contribution in [0.2, 0.25) is 0 Å². The number of hydrogen-bond donors (Lipinski definition) is 2. The average molecular weight is 202 g/mol. The summed E-state index contributed by atoms with van der Waals surface area (Å²) in [7, 11) is 1.88. The fraction of sp³-hybridized carbons (Fsp3) is 0.909. The maximum atomic E-state index is 11.7. The SMILES string of the molecule is CNC(CCC1CNC1)C(=O)C(C)C.[HH].[HH]. The van der Waals surface area contributed by atoms with Gasteiger partial charge >= 0.3 is 0 Å². The van der Waals surface area contributed by atoms with Gasteiger partial charge < -0.3 is 10.6 Å². The van der Waals surface area contributed by atoms with Crippen molar-refractivity contribution in [3.05, 3.63) is 0 Å². The highest BCUT2D eigenvalue weighted by Gasteiger charge is 2.22. The maximum Gasteiger partial charge on any atom is 0.152 e. The van der Waals surface area contributed by atoms with E-state index in [9.17, 15) is 4.79 Å². The number of carbonyl (C=O) groups excluding carboxylic acids is 1. The molecule has 1 fully saturated rings. The highest BCUT2D eigenvalue weighted by Crippen LogP contribution is 2.14. The molecule has 1 saturated heterocycles. The lowest BCUT2D eigenvalue weighted by atomic mass is 9.91. The zero-order valence-corrected chi connectivity index (χ0v) is 9.47. The summed E-state index contributed by atoms with van der Waals surface area (Å²) >= 11 is 0. The molecule has 3 nitrogen and oxygen atoms in total. The number of rotatable bonds is 6. The van der Waals surface area contributed by atoms with Crippen molar-refractivity contribution in [3.63, 3.8) is 0 Å². The molecule has 0 aromatic rings. The molecule has 0 spiro atoms. The summed E-state index contributed by atoms with van der Waals surface area (Å²) in [6, 6.07) is 0.0654. The van der Waals surface area contributed by atoms with Crippen molar-refractivity contribution >= 4 is 5.78 Å². The predicted molar refractivity (Wildman–Crippen MR) is 62.5 cm³/mol. The summed E-state index contributed by atoms with van der Waals surface area (Å²) in [6.45, 7) is 6.20. The molecule has 3 heteroatoms. The summed E-state index contributed by atoms with van der Waals surface area (Å²) in [4.78, 5) is 11.7. The molecule has 0 bridgehead atoms. The average Bonchev–Trinajstić information content (AvgIpc) is 2.08. The van der Waals surface area contributed by atoms with Crippen LogP contribution in [-0.4, -0.2) is 32.0 Å². The van der Waals surface area contributed by atoms with E-state index in [4.69, 9.17) is 0 Å². The Labute approximate surface area is 89.6 Å². The number of likely N-dealkylation sites (N-methyl/N-ethyl adjacent to an activating group) is 1. The molecular weight excluding hydrogens is 176 g/mol. The van der Waals surface area contributed by atoms with Gasteiger partial charge in [-0.3, -0.25) is 4.79 Å². The van der Waals surface area contributed by atoms with Gasteiger partial charge in [-0.1, -0.05) is 13.8 Å². The highest BCUT2D eigenvalue weighted by atomic mass is 16.1. The van der Waals surface area contributed by atoms with Crippen LogP contribution in [0.15, 0.2) is 0 Å². The molecule has 14 heavy (non-hydrogen) atoms. The fourth-order valence-corrected chi connectivity index (χ4v) is 1.79. The van der Waals surface area contributed by atoms with Gasteiger partial charge in [0.2, 0.25) is 0 Å². The second-order valence-electron chi connectivity index (χ2n) is 4.50. The van der Waals surface area contributed by atoms with Crippen molar-refractivity contribution in [2.75, 3.05) is 20.1 Å². The van der Waals surface area contributed by atoms with Crippen LogP contribution in [-0.2, 0) is 4.79 Å². The van der Waals surface area contributed by atoms with Crippen LogP contribution < -0.4 is 10.6 Å². The molecule has 0 aliphatic carbocycles. The molecule has 1 atom stereocenters. The van der Waals surface area contributed by atoms with Crippen LogP contribution in [0.5, 0.6) is 0 Å². The van der Waals surface area contributed by atoms with Gasteiger partial charge in [0, 0.05) is 8.77 Å². The van der Waals surface area contributed by atoms with E-state index in [1.165, 1.54) is 0 Å². The van der Waals surface area contributed by atoms with Crippen molar-refractivity contribution in [2.24, 2.45) is 11.8 Å². The standard InChI is InChI=1S/C11H22N2O.2H2/c1-8(2)11(14)10(12-3)5-4-9-6-13-7-9;;/h8-10,12-13H,4-7H2,1-3H3;2*1H. The lowest BCUT2D eigenvalue weighted by Crippen LogP contribution is -2.44. The Hall–Kier alpha value is -0.410. The first-order chi connectivity index (χ1) is 6.65. The highest BCUT2D eigenvalue weighted by molar-refractivity contribution is 5.85. The van der Waals surface area contributed by atoms with Crippen LogP contribution in [0.3, 0.4) is 0 Å². The van der Waals surface area contributed by atoms with Gasteiger partial charge in [0.25, 0.3) is 0 Å². The lowest BCUT2D eigenvalue weighted by Gasteiger charge is -2.28. The molecule has 1 rings (SSSR count). The van der Waals surface area contributed by atoms with Crippen LogP contribution >= 0.6 is 0 Å². The molecule has 1 unspecified atom stereocenters. The fourth-order valence-electron chi connectivity index (χ4n) is 1.79. The summed E-state index contributed by atoms with van der Waals surface area (Å²) in [6.07, 6.45) is 2.15. The van der Waals surface area contributed by atoms with E-state index >= 15 is 0 Å². The Bertz CT molecular complexity index is 196. The summed E-state index contributed by atoms with van der Waals surface area (Å²) in [5.74, 6) is 1.29. The molecule has 1 aliphatic heterocycles. The Balaban J connectivity index is 0. The Morgan fingerprint density at radius 2 is 2.21 bits per heavy atom. The smallest absolute Gasteiger partial charge is 0.152 e. The minimum absolute atomic E-state index is 0. The first-order valence-corrected chi connectivity index (χ1v) is 5.56. The van der Waals surface area contributed by atoms with Crippen molar-refractivity contribution in [1.82, 2.24) is 10.6 Å². The van der Waals surface area contributed by atoms with Crippen molar-refractivity contribution < 1.29 is 7.65 Å². The van der Waals surface area contributed by atoms with Gasteiger partial charge in [-0.05, 0) is 38.9 Å². The van der Waals surface area contributed by atoms with Crippen molar-refractivity contribution in [1.29, 1.82) is 0 Å². The van der Waals surface area contributed by atoms with Crippen molar-refractivity contribution in [2.45, 2.75) is 32.7 Å². The van der Waals surface area contributed by atoms with Crippen LogP contribution in [0, 0.1) is 11.8 Å². The van der Waals surface area contributed by atoms with Gasteiger partial charge in [0.15, 0.2) is 5.78 Å². The molecule has 0 saturated carbocycles. The maximum absolute atomic E-state index is 11.7. The lowest BCUT2D eigenvalue weighted by molar-refractivity contribution is -0.124. The first-order valence-electron chi connectivity index (χ1n) is 5.56. The third-order valence-electron chi connectivity index (χ3n) is 2.99. The number of nitrogens with one attached hydrogen (secondary N) is 2. The summed E-state index contributed by atoms with van der Waals surface area (Å²) < 4.78 is 0. The van der Waals surface area contributed by atoms with Crippen LogP contribution in [0.25, 0.3) is 0 Å². The van der Waals surface area contributed by atoms with Gasteiger partial charge in [-0.25, -0.2) is 0 Å². The molecule has 0 amide bonds. The van der Waals surface area contributed by atoms with E-state index < -0.39 is 0 Å². The third-order valence-corrected chi connectivity index (χ3v) is 2.99. The van der Waals surface area contributed by atoms with Crippen LogP contribution in [0.1, 0.15) is 29.5 Å². The molecule has 0 aromatic carbocycles. The monoisotopic (exact) mass is 202 g/mol.